The summed E-state index contributed by atoms with van der Waals surface area (Å²) >= 11 is 0. The number of carbonyl (C=O) groups is 1. The Morgan fingerprint density at radius 1 is 1.41 bits per heavy atom. The highest BCUT2D eigenvalue weighted by molar-refractivity contribution is 5.78. The average molecular weight is 253 g/mol. The average Bonchev–Trinajstić information content (AvgIpc) is 2.93. The Labute approximate surface area is 96.3 Å². The molecule has 0 aromatic rings. The van der Waals surface area contributed by atoms with E-state index in [1.807, 2.05) is 0 Å². The van der Waals surface area contributed by atoms with Crippen LogP contribution in [0.5, 0.6) is 0 Å². The summed E-state index contributed by atoms with van der Waals surface area (Å²) in [6, 6.07) is 0. The number of rotatable bonds is 4. The molecular weight excluding hydrogens is 239 g/mol. The van der Waals surface area contributed by atoms with E-state index in [4.69, 9.17) is 0 Å². The van der Waals surface area contributed by atoms with Gasteiger partial charge in [0.1, 0.15) is 18.8 Å². The lowest BCUT2D eigenvalue weighted by atomic mass is 9.89. The van der Waals surface area contributed by atoms with Crippen LogP contribution >= 0.6 is 0 Å². The highest BCUT2D eigenvalue weighted by atomic mass is 19.4. The summed E-state index contributed by atoms with van der Waals surface area (Å²) in [5, 5.41) is 9.91. The van der Waals surface area contributed by atoms with Gasteiger partial charge in [-0.2, -0.15) is 13.2 Å². The van der Waals surface area contributed by atoms with E-state index in [-0.39, 0.29) is 19.0 Å². The van der Waals surface area contributed by atoms with Crippen LogP contribution in [0.3, 0.4) is 0 Å². The minimum absolute atomic E-state index is 0.214. The second-order valence-electron chi connectivity index (χ2n) is 4.74. The van der Waals surface area contributed by atoms with Crippen LogP contribution in [0.4, 0.5) is 13.2 Å². The largest absolute Gasteiger partial charge is 0.411 e. The molecular formula is C10H14F3NO3. The number of hydrogen-bond donors (Lipinski definition) is 1. The SMILES string of the molecule is O=C(COCC(F)(F)F)N1CC(O)(C2CC2)C1. The van der Waals surface area contributed by atoms with E-state index >= 15 is 0 Å². The predicted molar refractivity (Wildman–Crippen MR) is 51.1 cm³/mol. The molecule has 7 heteroatoms. The molecule has 2 aliphatic rings. The third-order valence-electron chi connectivity index (χ3n) is 3.11. The van der Waals surface area contributed by atoms with E-state index in [1.165, 1.54) is 4.90 Å². The normalized spacial score (nSPS) is 23.4. The molecule has 2 fully saturated rings. The van der Waals surface area contributed by atoms with Crippen molar-refractivity contribution in [3.63, 3.8) is 0 Å². The second-order valence-corrected chi connectivity index (χ2v) is 4.74. The Morgan fingerprint density at radius 3 is 2.47 bits per heavy atom. The molecule has 0 bridgehead atoms. The first-order chi connectivity index (χ1) is 7.80. The number of likely N-dealkylation sites (tertiary alicyclic amines) is 1. The molecule has 17 heavy (non-hydrogen) atoms. The Morgan fingerprint density at radius 2 is 2.00 bits per heavy atom. The van der Waals surface area contributed by atoms with Gasteiger partial charge in [-0.05, 0) is 18.8 Å². The van der Waals surface area contributed by atoms with Crippen molar-refractivity contribution in [2.75, 3.05) is 26.3 Å². The van der Waals surface area contributed by atoms with Gasteiger partial charge in [0.05, 0.1) is 13.1 Å². The number of ether oxygens (including phenoxy) is 1. The molecule has 1 aliphatic carbocycles. The molecule has 98 valence electrons. The number of amides is 1. The molecule has 0 aromatic carbocycles. The lowest BCUT2D eigenvalue weighted by Crippen LogP contribution is -2.65. The maximum atomic E-state index is 11.8. The van der Waals surface area contributed by atoms with Crippen molar-refractivity contribution in [3.8, 4) is 0 Å². The third-order valence-corrected chi connectivity index (χ3v) is 3.11. The summed E-state index contributed by atoms with van der Waals surface area (Å²) in [7, 11) is 0. The van der Waals surface area contributed by atoms with Gasteiger partial charge in [-0.15, -0.1) is 0 Å². The fourth-order valence-electron chi connectivity index (χ4n) is 2.02. The van der Waals surface area contributed by atoms with Crippen LogP contribution in [0.2, 0.25) is 0 Å². The van der Waals surface area contributed by atoms with Crippen LogP contribution in [-0.2, 0) is 9.53 Å². The number of β-amino-alcohol motifs (C(OH)–C–C–N with tert-alkyl or cyclic N) is 1. The number of aliphatic hydroxyl groups is 1. The number of nitrogens with zero attached hydrogens (tertiary/aromatic N) is 1. The summed E-state index contributed by atoms with van der Waals surface area (Å²) in [5.74, 6) is -0.248. The van der Waals surface area contributed by atoms with Gasteiger partial charge in [0.25, 0.3) is 0 Å². The van der Waals surface area contributed by atoms with Crippen LogP contribution in [0.15, 0.2) is 0 Å². The molecule has 0 radical (unpaired) electrons. The topological polar surface area (TPSA) is 49.8 Å². The predicted octanol–water partition coefficient (Wildman–Crippen LogP) is 0.549. The lowest BCUT2D eigenvalue weighted by molar-refractivity contribution is -0.185. The van der Waals surface area contributed by atoms with Crippen LogP contribution < -0.4 is 0 Å². The summed E-state index contributed by atoms with van der Waals surface area (Å²) in [5.41, 5.74) is -0.806. The minimum Gasteiger partial charge on any atom is -0.386 e. The van der Waals surface area contributed by atoms with Crippen molar-refractivity contribution in [2.45, 2.75) is 24.6 Å². The number of halogens is 3. The first kappa shape index (κ1) is 12.6. The van der Waals surface area contributed by atoms with Gasteiger partial charge >= 0.3 is 6.18 Å². The lowest BCUT2D eigenvalue weighted by Gasteiger charge is -2.46. The van der Waals surface area contributed by atoms with E-state index in [2.05, 4.69) is 4.74 Å². The maximum absolute atomic E-state index is 11.8. The summed E-state index contributed by atoms with van der Waals surface area (Å²) in [6.07, 6.45) is -2.49. The molecule has 1 saturated heterocycles. The maximum Gasteiger partial charge on any atom is 0.411 e. The molecule has 1 saturated carbocycles. The van der Waals surface area contributed by atoms with Crippen molar-refractivity contribution >= 4 is 5.91 Å². The third kappa shape index (κ3) is 3.10. The first-order valence-electron chi connectivity index (χ1n) is 5.45. The van der Waals surface area contributed by atoms with Crippen molar-refractivity contribution in [2.24, 2.45) is 5.92 Å². The summed E-state index contributed by atoms with van der Waals surface area (Å²) in [6.45, 7) is -1.57. The van der Waals surface area contributed by atoms with Crippen LogP contribution in [-0.4, -0.2) is 54.0 Å². The summed E-state index contributed by atoms with van der Waals surface area (Å²) < 4.78 is 39.5. The molecule has 1 heterocycles. The molecule has 0 atom stereocenters. The van der Waals surface area contributed by atoms with Crippen molar-refractivity contribution in [3.05, 3.63) is 0 Å². The highest BCUT2D eigenvalue weighted by Crippen LogP contribution is 2.44. The second kappa shape index (κ2) is 4.13. The molecule has 4 nitrogen and oxygen atoms in total. The molecule has 0 aromatic heterocycles. The Bertz CT molecular complexity index is 308. The first-order valence-corrected chi connectivity index (χ1v) is 5.45. The number of alkyl halides is 3. The Balaban J connectivity index is 1.65. The van der Waals surface area contributed by atoms with Crippen LogP contribution in [0.25, 0.3) is 0 Å². The van der Waals surface area contributed by atoms with Gasteiger partial charge in [-0.1, -0.05) is 0 Å². The number of carbonyl (C=O) groups excluding carboxylic acids is 1. The quantitative estimate of drug-likeness (QED) is 0.796. The molecule has 0 spiro atoms. The Hall–Kier alpha value is -0.820. The molecule has 1 N–H and O–H groups in total. The monoisotopic (exact) mass is 253 g/mol. The van der Waals surface area contributed by atoms with E-state index in [0.29, 0.717) is 0 Å². The molecule has 2 rings (SSSR count). The standard InChI is InChI=1S/C10H14F3NO3/c11-10(12,13)6-17-3-8(15)14-4-9(16,5-14)7-1-2-7/h7,16H,1-6H2. The molecule has 1 aliphatic heterocycles. The fourth-order valence-corrected chi connectivity index (χ4v) is 2.02. The fraction of sp³-hybridized carbons (Fsp3) is 0.900. The van der Waals surface area contributed by atoms with E-state index in [0.717, 1.165) is 12.8 Å². The summed E-state index contributed by atoms with van der Waals surface area (Å²) in [4.78, 5) is 12.7. The molecule has 0 unspecified atom stereocenters. The zero-order valence-corrected chi connectivity index (χ0v) is 9.16. The van der Waals surface area contributed by atoms with Gasteiger partial charge in [-0.3, -0.25) is 4.79 Å². The van der Waals surface area contributed by atoms with Gasteiger partial charge in [0, 0.05) is 0 Å². The van der Waals surface area contributed by atoms with E-state index in [1.54, 1.807) is 0 Å². The number of hydrogen-bond acceptors (Lipinski definition) is 3. The highest BCUT2D eigenvalue weighted by Gasteiger charge is 2.53. The van der Waals surface area contributed by atoms with Gasteiger partial charge in [-0.25, -0.2) is 0 Å². The van der Waals surface area contributed by atoms with Gasteiger partial charge in [0.15, 0.2) is 0 Å². The zero-order chi connectivity index (χ0) is 12.7. The van der Waals surface area contributed by atoms with E-state index in [9.17, 15) is 23.1 Å². The van der Waals surface area contributed by atoms with Crippen LogP contribution in [0.1, 0.15) is 12.8 Å². The van der Waals surface area contributed by atoms with Crippen molar-refractivity contribution in [1.29, 1.82) is 0 Å². The minimum atomic E-state index is -4.41. The van der Waals surface area contributed by atoms with E-state index < -0.39 is 30.9 Å². The van der Waals surface area contributed by atoms with Gasteiger partial charge < -0.3 is 14.7 Å². The Kier molecular flexibility index (Phi) is 3.07. The molecule has 1 amide bonds. The smallest absolute Gasteiger partial charge is 0.386 e. The van der Waals surface area contributed by atoms with Crippen LogP contribution in [0, 0.1) is 5.92 Å². The van der Waals surface area contributed by atoms with Gasteiger partial charge in [0.2, 0.25) is 5.91 Å². The zero-order valence-electron chi connectivity index (χ0n) is 9.16. The van der Waals surface area contributed by atoms with Crippen molar-refractivity contribution < 1.29 is 27.8 Å². The van der Waals surface area contributed by atoms with Crippen molar-refractivity contribution in [1.82, 2.24) is 4.90 Å².